The molecule has 0 atom stereocenters. The molecule has 0 N–H and O–H groups in total. The minimum Gasteiger partial charge on any atom is -0.309 e. The molecule has 2 nitrogen and oxygen atoms in total. The molecule has 0 spiro atoms. The van der Waals surface area contributed by atoms with Crippen LogP contribution in [-0.4, -0.2) is 31.3 Å². The van der Waals surface area contributed by atoms with Gasteiger partial charge in [0.05, 0.1) is 0 Å². The van der Waals surface area contributed by atoms with E-state index in [9.17, 15) is 4.79 Å². The minimum absolute atomic E-state index is 0.316. The number of Topliss-reactive ketones (excluding diaryl/α,β-unsaturated/α-hetero) is 1. The molecule has 0 aromatic heterocycles. The summed E-state index contributed by atoms with van der Waals surface area (Å²) in [5, 5.41) is 0. The molecule has 0 aliphatic carbocycles. The van der Waals surface area contributed by atoms with E-state index in [0.29, 0.717) is 11.7 Å². The number of allylic oxidation sites excluding steroid dienone is 8. The number of nitrogens with zero attached hydrogens (tertiary/aromatic N) is 1. The second kappa shape index (κ2) is 38.0. The second-order valence-electron chi connectivity index (χ2n) is 14.2. The molecule has 0 saturated carbocycles. The van der Waals surface area contributed by atoms with Crippen molar-refractivity contribution in [2.24, 2.45) is 5.92 Å². The van der Waals surface area contributed by atoms with Gasteiger partial charge in [0, 0.05) is 12.3 Å². The summed E-state index contributed by atoms with van der Waals surface area (Å²) in [7, 11) is 4.25. The third-order valence-electron chi connectivity index (χ3n) is 9.24. The van der Waals surface area contributed by atoms with Gasteiger partial charge in [-0.3, -0.25) is 4.79 Å². The average Bonchev–Trinajstić information content (AvgIpc) is 3.05. The Bertz CT molecular complexity index is 682. The predicted octanol–water partition coefficient (Wildman–Crippen LogP) is 14.3. The number of ketones is 1. The standard InChI is InChI=1S/C44H81NO/c1-5-7-9-11-13-15-17-19-21-23-25-27-29-31-33-35-39-43(44(46)41-37-38-42-45(3)4)40-36-34-32-30-28-26-24-22-20-18-16-14-12-10-8-6-2/h13-16,19-22,43H,5-12,17-18,23-42H2,1-4H3/b15-13-,16-14-,21-19-,22-20-. The number of carbonyl (C=O) groups is 1. The van der Waals surface area contributed by atoms with Crippen LogP contribution >= 0.6 is 0 Å². The topological polar surface area (TPSA) is 20.3 Å². The van der Waals surface area contributed by atoms with Crippen LogP contribution in [-0.2, 0) is 4.79 Å². The molecular weight excluding hydrogens is 558 g/mol. The molecule has 0 heterocycles. The van der Waals surface area contributed by atoms with E-state index < -0.39 is 0 Å². The highest BCUT2D eigenvalue weighted by Crippen LogP contribution is 2.22. The lowest BCUT2D eigenvalue weighted by Gasteiger charge is -2.16. The van der Waals surface area contributed by atoms with Gasteiger partial charge < -0.3 is 4.90 Å². The van der Waals surface area contributed by atoms with Gasteiger partial charge >= 0.3 is 0 Å². The Morgan fingerprint density at radius 3 is 1.22 bits per heavy atom. The lowest BCUT2D eigenvalue weighted by molar-refractivity contribution is -0.123. The molecule has 0 rings (SSSR count). The fourth-order valence-corrected chi connectivity index (χ4v) is 6.16. The highest BCUT2D eigenvalue weighted by Gasteiger charge is 2.17. The van der Waals surface area contributed by atoms with Crippen LogP contribution in [0, 0.1) is 5.92 Å². The average molecular weight is 640 g/mol. The van der Waals surface area contributed by atoms with Crippen molar-refractivity contribution in [1.82, 2.24) is 4.90 Å². The third kappa shape index (κ3) is 35.4. The summed E-state index contributed by atoms with van der Waals surface area (Å²) in [5.74, 6) is 0.875. The van der Waals surface area contributed by atoms with Gasteiger partial charge in [-0.2, -0.15) is 0 Å². The zero-order valence-corrected chi connectivity index (χ0v) is 31.8. The van der Waals surface area contributed by atoms with E-state index in [1.807, 2.05) is 0 Å². The van der Waals surface area contributed by atoms with Crippen LogP contribution in [0.15, 0.2) is 48.6 Å². The molecule has 0 aliphatic heterocycles. The number of unbranched alkanes of at least 4 members (excludes halogenated alkanes) is 19. The molecule has 0 saturated heterocycles. The van der Waals surface area contributed by atoms with Gasteiger partial charge in [-0.25, -0.2) is 0 Å². The Balaban J connectivity index is 4.03. The molecule has 0 aromatic rings. The fourth-order valence-electron chi connectivity index (χ4n) is 6.16. The maximum Gasteiger partial charge on any atom is 0.135 e. The van der Waals surface area contributed by atoms with Crippen LogP contribution in [0.3, 0.4) is 0 Å². The number of carbonyl (C=O) groups excluding carboxylic acids is 1. The first-order valence-electron chi connectivity index (χ1n) is 20.4. The fraction of sp³-hybridized carbons (Fsp3) is 0.795. The summed E-state index contributed by atoms with van der Waals surface area (Å²) < 4.78 is 0. The molecule has 268 valence electrons. The molecule has 0 aliphatic rings. The number of rotatable bonds is 36. The van der Waals surface area contributed by atoms with Crippen molar-refractivity contribution in [3.63, 3.8) is 0 Å². The lowest BCUT2D eigenvalue weighted by Crippen LogP contribution is -2.16. The first-order chi connectivity index (χ1) is 22.6. The Morgan fingerprint density at radius 1 is 0.457 bits per heavy atom. The Labute approximate surface area is 290 Å². The van der Waals surface area contributed by atoms with E-state index >= 15 is 0 Å². The van der Waals surface area contributed by atoms with E-state index in [4.69, 9.17) is 0 Å². The van der Waals surface area contributed by atoms with Crippen LogP contribution in [0.2, 0.25) is 0 Å². The van der Waals surface area contributed by atoms with Crippen molar-refractivity contribution in [1.29, 1.82) is 0 Å². The first kappa shape index (κ1) is 44.6. The van der Waals surface area contributed by atoms with Crippen LogP contribution in [0.1, 0.15) is 200 Å². The molecule has 0 bridgehead atoms. The highest BCUT2D eigenvalue weighted by molar-refractivity contribution is 5.80. The molecular formula is C44H81NO. The van der Waals surface area contributed by atoms with Crippen molar-refractivity contribution in [3.8, 4) is 0 Å². The van der Waals surface area contributed by atoms with Crippen molar-refractivity contribution in [3.05, 3.63) is 48.6 Å². The normalized spacial score (nSPS) is 12.5. The molecule has 0 unspecified atom stereocenters. The van der Waals surface area contributed by atoms with Gasteiger partial charge in [-0.05, 0) is 111 Å². The largest absolute Gasteiger partial charge is 0.309 e. The van der Waals surface area contributed by atoms with E-state index in [-0.39, 0.29) is 0 Å². The van der Waals surface area contributed by atoms with Crippen LogP contribution in [0.25, 0.3) is 0 Å². The summed E-state index contributed by atoms with van der Waals surface area (Å²) in [5.41, 5.74) is 0. The molecule has 2 heteroatoms. The number of hydrogen-bond acceptors (Lipinski definition) is 2. The van der Waals surface area contributed by atoms with Crippen molar-refractivity contribution in [2.45, 2.75) is 200 Å². The SMILES string of the molecule is CCCCC/C=C\C/C=C\CCCCCCCCC(CCCCCCCC/C=C\C/C=C\CCCCC)C(=O)CCCCN(C)C. The Morgan fingerprint density at radius 2 is 0.826 bits per heavy atom. The highest BCUT2D eigenvalue weighted by atomic mass is 16.1. The van der Waals surface area contributed by atoms with Crippen molar-refractivity contribution in [2.75, 3.05) is 20.6 Å². The van der Waals surface area contributed by atoms with Gasteiger partial charge in [-0.1, -0.05) is 152 Å². The minimum atomic E-state index is 0.316. The van der Waals surface area contributed by atoms with E-state index in [0.717, 1.165) is 51.5 Å². The molecule has 46 heavy (non-hydrogen) atoms. The van der Waals surface area contributed by atoms with Gasteiger partial charge in [0.1, 0.15) is 5.78 Å². The summed E-state index contributed by atoms with van der Waals surface area (Å²) in [6.45, 7) is 5.62. The predicted molar refractivity (Wildman–Crippen MR) is 209 cm³/mol. The summed E-state index contributed by atoms with van der Waals surface area (Å²) in [6, 6.07) is 0. The van der Waals surface area contributed by atoms with E-state index in [1.165, 1.54) is 141 Å². The molecule has 0 radical (unpaired) electrons. The van der Waals surface area contributed by atoms with E-state index in [1.54, 1.807) is 0 Å². The number of hydrogen-bond donors (Lipinski definition) is 0. The van der Waals surface area contributed by atoms with Gasteiger partial charge in [-0.15, -0.1) is 0 Å². The molecule has 0 aromatic carbocycles. The Hall–Kier alpha value is -1.41. The van der Waals surface area contributed by atoms with Crippen LogP contribution in [0.4, 0.5) is 0 Å². The molecule has 0 amide bonds. The zero-order chi connectivity index (χ0) is 33.6. The summed E-state index contributed by atoms with van der Waals surface area (Å²) in [4.78, 5) is 15.4. The summed E-state index contributed by atoms with van der Waals surface area (Å²) >= 11 is 0. The van der Waals surface area contributed by atoms with Crippen LogP contribution in [0.5, 0.6) is 0 Å². The monoisotopic (exact) mass is 640 g/mol. The summed E-state index contributed by atoms with van der Waals surface area (Å²) in [6.07, 6.45) is 54.9. The third-order valence-corrected chi connectivity index (χ3v) is 9.24. The quantitative estimate of drug-likeness (QED) is 0.0502. The second-order valence-corrected chi connectivity index (χ2v) is 14.2. The lowest BCUT2D eigenvalue weighted by atomic mass is 9.88. The van der Waals surface area contributed by atoms with Gasteiger partial charge in [0.15, 0.2) is 0 Å². The maximum absolute atomic E-state index is 13.1. The van der Waals surface area contributed by atoms with Crippen molar-refractivity contribution >= 4 is 5.78 Å². The maximum atomic E-state index is 13.1. The smallest absolute Gasteiger partial charge is 0.135 e. The van der Waals surface area contributed by atoms with Crippen molar-refractivity contribution < 1.29 is 4.79 Å². The Kier molecular flexibility index (Phi) is 36.9. The van der Waals surface area contributed by atoms with E-state index in [2.05, 4.69) is 81.5 Å². The first-order valence-corrected chi connectivity index (χ1v) is 20.4. The van der Waals surface area contributed by atoms with Crippen LogP contribution < -0.4 is 0 Å². The molecule has 0 fully saturated rings. The van der Waals surface area contributed by atoms with Gasteiger partial charge in [0.2, 0.25) is 0 Å². The zero-order valence-electron chi connectivity index (χ0n) is 31.8. The van der Waals surface area contributed by atoms with Gasteiger partial charge in [0.25, 0.3) is 0 Å².